The Kier molecular flexibility index (Phi) is 5.63. The van der Waals surface area contributed by atoms with Crippen LogP contribution < -0.4 is 5.73 Å². The maximum absolute atomic E-state index is 13.1. The van der Waals surface area contributed by atoms with Gasteiger partial charge in [0.05, 0.1) is 10.4 Å². The molecule has 0 atom stereocenters. The molecule has 1 aliphatic carbocycles. The number of aryl methyl sites for hydroxylation is 1. The monoisotopic (exact) mass is 412 g/mol. The first-order chi connectivity index (χ1) is 12.4. The summed E-state index contributed by atoms with van der Waals surface area (Å²) in [4.78, 5) is 4.74. The fraction of sp³-hybridized carbons (Fsp3) is 0.556. The second-order valence-corrected chi connectivity index (χ2v) is 9.28. The van der Waals surface area contributed by atoms with Gasteiger partial charge in [-0.15, -0.1) is 12.4 Å². The molecule has 4 rings (SSSR count). The molecule has 0 radical (unpaired) electrons. The normalized spacial score (nSPS) is 19.9. The Morgan fingerprint density at radius 3 is 2.48 bits per heavy atom. The standard InChI is InChI=1S/C18H24N4O3S.ClH/c1-13-6-7-14(16-20-17(21-25-16)18(19)8-5-9-18)12-15(13)26(23,24)22-10-3-2-4-11-22;/h6-7,12H,2-5,8-11,19H2,1H3;1H. The maximum Gasteiger partial charge on any atom is 0.258 e. The highest BCUT2D eigenvalue weighted by molar-refractivity contribution is 7.89. The largest absolute Gasteiger partial charge is 0.334 e. The molecule has 148 valence electrons. The molecule has 2 aliphatic rings. The van der Waals surface area contributed by atoms with E-state index in [0.717, 1.165) is 38.5 Å². The average Bonchev–Trinajstić information content (AvgIpc) is 3.11. The van der Waals surface area contributed by atoms with E-state index < -0.39 is 15.6 Å². The van der Waals surface area contributed by atoms with Crippen molar-refractivity contribution in [2.45, 2.75) is 55.9 Å². The van der Waals surface area contributed by atoms with Gasteiger partial charge in [0, 0.05) is 18.7 Å². The molecule has 2 fully saturated rings. The molecule has 1 saturated carbocycles. The predicted octanol–water partition coefficient (Wildman–Crippen LogP) is 2.98. The Hall–Kier alpha value is -1.48. The van der Waals surface area contributed by atoms with Crippen LogP contribution in [0.25, 0.3) is 11.5 Å². The lowest BCUT2D eigenvalue weighted by molar-refractivity contribution is 0.229. The molecule has 2 heterocycles. The van der Waals surface area contributed by atoms with Crippen molar-refractivity contribution < 1.29 is 12.9 Å². The quantitative estimate of drug-likeness (QED) is 0.828. The van der Waals surface area contributed by atoms with Crippen molar-refractivity contribution in [1.82, 2.24) is 14.4 Å². The van der Waals surface area contributed by atoms with E-state index in [-0.39, 0.29) is 12.4 Å². The van der Waals surface area contributed by atoms with Gasteiger partial charge in [0.15, 0.2) is 5.82 Å². The number of nitrogens with two attached hydrogens (primary N) is 1. The highest BCUT2D eigenvalue weighted by atomic mass is 35.5. The van der Waals surface area contributed by atoms with Crippen LogP contribution in [0.4, 0.5) is 0 Å². The summed E-state index contributed by atoms with van der Waals surface area (Å²) in [7, 11) is -3.52. The van der Waals surface area contributed by atoms with Crippen LogP contribution in [0, 0.1) is 6.92 Å². The van der Waals surface area contributed by atoms with Crippen molar-refractivity contribution in [2.75, 3.05) is 13.1 Å². The van der Waals surface area contributed by atoms with Crippen molar-refractivity contribution in [3.05, 3.63) is 29.6 Å². The molecule has 2 N–H and O–H groups in total. The van der Waals surface area contributed by atoms with Crippen LogP contribution in [0.5, 0.6) is 0 Å². The zero-order chi connectivity index (χ0) is 18.4. The summed E-state index contributed by atoms with van der Waals surface area (Å²) < 4.78 is 33.1. The van der Waals surface area contributed by atoms with Crippen molar-refractivity contribution in [3.63, 3.8) is 0 Å². The number of halogens is 1. The molecular weight excluding hydrogens is 388 g/mol. The van der Waals surface area contributed by atoms with Gasteiger partial charge in [-0.25, -0.2) is 8.42 Å². The highest BCUT2D eigenvalue weighted by Gasteiger charge is 2.39. The van der Waals surface area contributed by atoms with Gasteiger partial charge in [0.1, 0.15) is 0 Å². The maximum atomic E-state index is 13.1. The Balaban J connectivity index is 0.00000210. The van der Waals surface area contributed by atoms with E-state index in [1.54, 1.807) is 16.4 Å². The Morgan fingerprint density at radius 2 is 1.85 bits per heavy atom. The van der Waals surface area contributed by atoms with Crippen LogP contribution in [0.2, 0.25) is 0 Å². The molecule has 1 aromatic heterocycles. The van der Waals surface area contributed by atoms with Gasteiger partial charge in [-0.1, -0.05) is 17.6 Å². The molecule has 27 heavy (non-hydrogen) atoms. The molecule has 2 aromatic rings. The van der Waals surface area contributed by atoms with Crippen LogP contribution in [0.3, 0.4) is 0 Å². The topological polar surface area (TPSA) is 102 Å². The molecule has 1 aliphatic heterocycles. The van der Waals surface area contributed by atoms with Gasteiger partial charge in [-0.2, -0.15) is 9.29 Å². The third kappa shape index (κ3) is 3.63. The van der Waals surface area contributed by atoms with Crippen LogP contribution in [0.1, 0.15) is 49.9 Å². The van der Waals surface area contributed by atoms with Crippen molar-refractivity contribution in [2.24, 2.45) is 5.73 Å². The van der Waals surface area contributed by atoms with Gasteiger partial charge in [-0.05, 0) is 56.7 Å². The molecule has 1 saturated heterocycles. The lowest BCUT2D eigenvalue weighted by Crippen LogP contribution is -2.44. The molecule has 9 heteroatoms. The minimum atomic E-state index is -3.52. The predicted molar refractivity (Wildman–Crippen MR) is 104 cm³/mol. The fourth-order valence-corrected chi connectivity index (χ4v) is 5.35. The third-order valence-electron chi connectivity index (χ3n) is 5.49. The number of aromatic nitrogens is 2. The number of hydrogen-bond acceptors (Lipinski definition) is 6. The first-order valence-electron chi connectivity index (χ1n) is 9.14. The first kappa shape index (κ1) is 20.3. The van der Waals surface area contributed by atoms with E-state index in [1.165, 1.54) is 0 Å². The molecule has 0 unspecified atom stereocenters. The number of sulfonamides is 1. The molecule has 7 nitrogen and oxygen atoms in total. The zero-order valence-electron chi connectivity index (χ0n) is 15.3. The van der Waals surface area contributed by atoms with E-state index >= 15 is 0 Å². The average molecular weight is 413 g/mol. The third-order valence-corrected chi connectivity index (χ3v) is 7.53. The Labute approximate surface area is 165 Å². The lowest BCUT2D eigenvalue weighted by Gasteiger charge is -2.34. The number of hydrogen-bond donors (Lipinski definition) is 1. The first-order valence-corrected chi connectivity index (χ1v) is 10.6. The Bertz CT molecular complexity index is 918. The molecule has 0 amide bonds. The summed E-state index contributed by atoms with van der Waals surface area (Å²) in [5.41, 5.74) is 7.06. The van der Waals surface area contributed by atoms with Gasteiger partial charge >= 0.3 is 0 Å². The summed E-state index contributed by atoms with van der Waals surface area (Å²) in [5, 5.41) is 4.02. The summed E-state index contributed by atoms with van der Waals surface area (Å²) >= 11 is 0. The van der Waals surface area contributed by atoms with E-state index in [2.05, 4.69) is 10.1 Å². The van der Waals surface area contributed by atoms with Crippen LogP contribution in [-0.4, -0.2) is 36.0 Å². The van der Waals surface area contributed by atoms with Gasteiger partial charge < -0.3 is 10.3 Å². The smallest absolute Gasteiger partial charge is 0.258 e. The molecule has 0 spiro atoms. The fourth-order valence-electron chi connectivity index (χ4n) is 3.58. The van der Waals surface area contributed by atoms with E-state index in [1.807, 2.05) is 13.0 Å². The minimum absolute atomic E-state index is 0. The second-order valence-electron chi connectivity index (χ2n) is 7.38. The van der Waals surface area contributed by atoms with E-state index in [0.29, 0.717) is 40.8 Å². The number of benzene rings is 1. The van der Waals surface area contributed by atoms with Gasteiger partial charge in [0.25, 0.3) is 5.89 Å². The van der Waals surface area contributed by atoms with E-state index in [9.17, 15) is 8.42 Å². The Morgan fingerprint density at radius 1 is 1.15 bits per heavy atom. The SMILES string of the molecule is Cc1ccc(-c2nc(C3(N)CCC3)no2)cc1S(=O)(=O)N1CCCCC1.Cl. The number of piperidine rings is 1. The van der Waals surface area contributed by atoms with Crippen LogP contribution in [-0.2, 0) is 15.6 Å². The number of nitrogens with zero attached hydrogens (tertiary/aromatic N) is 3. The molecule has 1 aromatic carbocycles. The summed E-state index contributed by atoms with van der Waals surface area (Å²) in [6.07, 6.45) is 5.63. The summed E-state index contributed by atoms with van der Waals surface area (Å²) in [6.45, 7) is 2.96. The van der Waals surface area contributed by atoms with Crippen molar-refractivity contribution in [3.8, 4) is 11.5 Å². The zero-order valence-corrected chi connectivity index (χ0v) is 17.0. The summed E-state index contributed by atoms with van der Waals surface area (Å²) in [6, 6.07) is 5.24. The second kappa shape index (κ2) is 7.50. The van der Waals surface area contributed by atoms with E-state index in [4.69, 9.17) is 10.3 Å². The van der Waals surface area contributed by atoms with Gasteiger partial charge in [-0.3, -0.25) is 0 Å². The van der Waals surface area contributed by atoms with Crippen LogP contribution in [0.15, 0.2) is 27.6 Å². The molecule has 0 bridgehead atoms. The van der Waals surface area contributed by atoms with Crippen molar-refractivity contribution in [1.29, 1.82) is 0 Å². The van der Waals surface area contributed by atoms with Crippen LogP contribution >= 0.6 is 12.4 Å². The number of rotatable bonds is 4. The highest BCUT2D eigenvalue weighted by Crippen LogP contribution is 2.38. The van der Waals surface area contributed by atoms with Gasteiger partial charge in [0.2, 0.25) is 10.0 Å². The lowest BCUT2D eigenvalue weighted by atomic mass is 9.77. The molecular formula is C18H25ClN4O3S. The minimum Gasteiger partial charge on any atom is -0.334 e. The van der Waals surface area contributed by atoms with Crippen molar-refractivity contribution >= 4 is 22.4 Å². The summed E-state index contributed by atoms with van der Waals surface area (Å²) in [5.74, 6) is 0.812.